The molecule has 2 aliphatic rings. The first-order valence-corrected chi connectivity index (χ1v) is 6.46. The zero-order chi connectivity index (χ0) is 10.5. The highest BCUT2D eigenvalue weighted by molar-refractivity contribution is 4.77. The van der Waals surface area contributed by atoms with Crippen molar-refractivity contribution in [2.24, 2.45) is 5.92 Å². The third-order valence-electron chi connectivity index (χ3n) is 3.66. The van der Waals surface area contributed by atoms with E-state index < -0.39 is 0 Å². The first-order chi connectivity index (χ1) is 7.34. The van der Waals surface area contributed by atoms with Gasteiger partial charge in [0.1, 0.15) is 0 Å². The first kappa shape index (κ1) is 11.4. The maximum absolute atomic E-state index is 3.46. The molecule has 0 saturated carbocycles. The normalized spacial score (nSPS) is 26.2. The van der Waals surface area contributed by atoms with Gasteiger partial charge in [0.25, 0.3) is 0 Å². The Labute approximate surface area is 93.8 Å². The molecule has 2 heterocycles. The molecule has 1 N–H and O–H groups in total. The van der Waals surface area contributed by atoms with Gasteiger partial charge in [-0.15, -0.1) is 0 Å². The van der Waals surface area contributed by atoms with Gasteiger partial charge in [-0.05, 0) is 51.9 Å². The first-order valence-electron chi connectivity index (χ1n) is 6.46. The summed E-state index contributed by atoms with van der Waals surface area (Å²) >= 11 is 0. The molecule has 0 bridgehead atoms. The Kier molecular flexibility index (Phi) is 4.42. The van der Waals surface area contributed by atoms with Crippen LogP contribution in [0.3, 0.4) is 0 Å². The van der Waals surface area contributed by atoms with E-state index in [0.29, 0.717) is 0 Å². The topological polar surface area (TPSA) is 18.5 Å². The number of nitrogens with zero attached hydrogens (tertiary/aromatic N) is 2. The van der Waals surface area contributed by atoms with Gasteiger partial charge in [-0.3, -0.25) is 0 Å². The summed E-state index contributed by atoms with van der Waals surface area (Å²) in [7, 11) is 2.22. The van der Waals surface area contributed by atoms with Crippen LogP contribution in [0, 0.1) is 5.92 Å². The molecule has 0 aliphatic carbocycles. The average molecular weight is 211 g/mol. The van der Waals surface area contributed by atoms with E-state index in [1.54, 1.807) is 0 Å². The van der Waals surface area contributed by atoms with Crippen molar-refractivity contribution in [1.29, 1.82) is 0 Å². The second-order valence-electron chi connectivity index (χ2n) is 5.17. The molecule has 0 atom stereocenters. The molecule has 0 spiro atoms. The van der Waals surface area contributed by atoms with Crippen molar-refractivity contribution in [3.8, 4) is 0 Å². The Balaban J connectivity index is 1.52. The van der Waals surface area contributed by atoms with Gasteiger partial charge in [0.05, 0.1) is 0 Å². The summed E-state index contributed by atoms with van der Waals surface area (Å²) in [4.78, 5) is 5.04. The van der Waals surface area contributed by atoms with Crippen LogP contribution in [0.4, 0.5) is 0 Å². The third kappa shape index (κ3) is 3.74. The maximum atomic E-state index is 3.46. The largest absolute Gasteiger partial charge is 0.315 e. The summed E-state index contributed by atoms with van der Waals surface area (Å²) in [5.74, 6) is 1.00. The Morgan fingerprint density at radius 1 is 1.20 bits per heavy atom. The van der Waals surface area contributed by atoms with Crippen molar-refractivity contribution in [3.05, 3.63) is 0 Å². The van der Waals surface area contributed by atoms with Gasteiger partial charge in [0, 0.05) is 26.2 Å². The van der Waals surface area contributed by atoms with Crippen LogP contribution >= 0.6 is 0 Å². The van der Waals surface area contributed by atoms with Crippen LogP contribution in [0.2, 0.25) is 0 Å². The summed E-state index contributed by atoms with van der Waals surface area (Å²) < 4.78 is 0. The lowest BCUT2D eigenvalue weighted by Gasteiger charge is -2.36. The van der Waals surface area contributed by atoms with Gasteiger partial charge < -0.3 is 15.1 Å². The fourth-order valence-electron chi connectivity index (χ4n) is 2.74. The van der Waals surface area contributed by atoms with Crippen LogP contribution in [0.25, 0.3) is 0 Å². The van der Waals surface area contributed by atoms with Crippen molar-refractivity contribution in [2.75, 3.05) is 52.9 Å². The highest BCUT2D eigenvalue weighted by atomic mass is 15.2. The quantitative estimate of drug-likeness (QED) is 0.735. The predicted molar refractivity (Wildman–Crippen MR) is 64.1 cm³/mol. The van der Waals surface area contributed by atoms with Gasteiger partial charge in [0.15, 0.2) is 0 Å². The van der Waals surface area contributed by atoms with Gasteiger partial charge in [0.2, 0.25) is 0 Å². The fourth-order valence-corrected chi connectivity index (χ4v) is 2.74. The van der Waals surface area contributed by atoms with Crippen molar-refractivity contribution in [3.63, 3.8) is 0 Å². The van der Waals surface area contributed by atoms with Gasteiger partial charge in [-0.25, -0.2) is 0 Å². The molecule has 0 aromatic heterocycles. The molecule has 3 heteroatoms. The summed E-state index contributed by atoms with van der Waals surface area (Å²) in [6, 6.07) is 0. The van der Waals surface area contributed by atoms with Gasteiger partial charge >= 0.3 is 0 Å². The molecule has 0 unspecified atom stereocenters. The Morgan fingerprint density at radius 2 is 2.07 bits per heavy atom. The highest BCUT2D eigenvalue weighted by Gasteiger charge is 2.22. The van der Waals surface area contributed by atoms with Crippen LogP contribution in [-0.4, -0.2) is 62.7 Å². The Hall–Kier alpha value is -0.120. The zero-order valence-corrected chi connectivity index (χ0v) is 10.0. The summed E-state index contributed by atoms with van der Waals surface area (Å²) in [5, 5.41) is 3.46. The lowest BCUT2D eigenvalue weighted by molar-refractivity contribution is 0.121. The number of likely N-dealkylation sites (tertiary alicyclic amines) is 1. The molecule has 0 radical (unpaired) electrons. The van der Waals surface area contributed by atoms with Crippen LogP contribution in [0.15, 0.2) is 0 Å². The van der Waals surface area contributed by atoms with Crippen LogP contribution in [-0.2, 0) is 0 Å². The van der Waals surface area contributed by atoms with Crippen molar-refractivity contribution in [1.82, 2.24) is 15.1 Å². The smallest absolute Gasteiger partial charge is 0.0107 e. The van der Waals surface area contributed by atoms with Crippen molar-refractivity contribution in [2.45, 2.75) is 19.3 Å². The standard InChI is InChI=1S/C12H25N3/c1-14-10-12(11-14)4-2-7-15-8-3-5-13-6-9-15/h12-13H,2-11H2,1H3. The maximum Gasteiger partial charge on any atom is 0.0107 e. The molecule has 15 heavy (non-hydrogen) atoms. The van der Waals surface area contributed by atoms with Crippen LogP contribution in [0.1, 0.15) is 19.3 Å². The number of nitrogens with one attached hydrogen (secondary N) is 1. The molecule has 88 valence electrons. The molecule has 2 rings (SSSR count). The second kappa shape index (κ2) is 5.83. The minimum atomic E-state index is 1.00. The van der Waals surface area contributed by atoms with E-state index in [1.165, 1.54) is 65.1 Å². The highest BCUT2D eigenvalue weighted by Crippen LogP contribution is 2.18. The molecule has 0 amide bonds. The average Bonchev–Trinajstić information content (AvgIpc) is 2.43. The molecule has 0 aromatic rings. The minimum absolute atomic E-state index is 1.00. The van der Waals surface area contributed by atoms with E-state index in [-0.39, 0.29) is 0 Å². The van der Waals surface area contributed by atoms with Gasteiger partial charge in [-0.1, -0.05) is 0 Å². The Morgan fingerprint density at radius 3 is 2.87 bits per heavy atom. The summed E-state index contributed by atoms with van der Waals surface area (Å²) in [5.41, 5.74) is 0. The molecule has 2 saturated heterocycles. The summed E-state index contributed by atoms with van der Waals surface area (Å²) in [6.45, 7) is 8.95. The molecule has 2 fully saturated rings. The lowest BCUT2D eigenvalue weighted by Crippen LogP contribution is -2.43. The minimum Gasteiger partial charge on any atom is -0.315 e. The Bertz CT molecular complexity index is 170. The van der Waals surface area contributed by atoms with Crippen LogP contribution in [0.5, 0.6) is 0 Å². The lowest BCUT2D eigenvalue weighted by atomic mass is 9.95. The van der Waals surface area contributed by atoms with E-state index in [1.807, 2.05) is 0 Å². The molecular formula is C12H25N3. The van der Waals surface area contributed by atoms with Crippen molar-refractivity contribution >= 4 is 0 Å². The molecular weight excluding hydrogens is 186 g/mol. The fraction of sp³-hybridized carbons (Fsp3) is 1.00. The molecule has 0 aromatic carbocycles. The van der Waals surface area contributed by atoms with Crippen molar-refractivity contribution < 1.29 is 0 Å². The molecule has 3 nitrogen and oxygen atoms in total. The van der Waals surface area contributed by atoms with E-state index >= 15 is 0 Å². The van der Waals surface area contributed by atoms with E-state index in [0.717, 1.165) is 5.92 Å². The monoisotopic (exact) mass is 211 g/mol. The van der Waals surface area contributed by atoms with E-state index in [2.05, 4.69) is 22.2 Å². The predicted octanol–water partition coefficient (Wildman–Crippen LogP) is 0.624. The molecule has 2 aliphatic heterocycles. The number of rotatable bonds is 4. The van der Waals surface area contributed by atoms with E-state index in [4.69, 9.17) is 0 Å². The SMILES string of the molecule is CN1CC(CCCN2CCCNCC2)C1. The third-order valence-corrected chi connectivity index (χ3v) is 3.66. The zero-order valence-electron chi connectivity index (χ0n) is 10.0. The van der Waals surface area contributed by atoms with Gasteiger partial charge in [-0.2, -0.15) is 0 Å². The second-order valence-corrected chi connectivity index (χ2v) is 5.17. The van der Waals surface area contributed by atoms with E-state index in [9.17, 15) is 0 Å². The van der Waals surface area contributed by atoms with Crippen LogP contribution < -0.4 is 5.32 Å². The summed E-state index contributed by atoms with van der Waals surface area (Å²) in [6.07, 6.45) is 4.17. The number of hydrogen-bond acceptors (Lipinski definition) is 3. The number of hydrogen-bond donors (Lipinski definition) is 1.